The molecule has 0 aliphatic heterocycles. The normalized spacial score (nSPS) is 12.8. The number of anilines is 1. The number of esters is 1. The summed E-state index contributed by atoms with van der Waals surface area (Å²) >= 11 is 0. The van der Waals surface area contributed by atoms with E-state index in [2.05, 4.69) is 16.0 Å². The van der Waals surface area contributed by atoms with E-state index in [9.17, 15) is 24.3 Å². The van der Waals surface area contributed by atoms with Crippen LogP contribution in [-0.2, 0) is 36.8 Å². The highest BCUT2D eigenvalue weighted by Gasteiger charge is 2.27. The highest BCUT2D eigenvalue weighted by molar-refractivity contribution is 5.92. The molecule has 2 aromatic carbocycles. The third kappa shape index (κ3) is 14.8. The third-order valence-corrected chi connectivity index (χ3v) is 6.05. The van der Waals surface area contributed by atoms with Crippen LogP contribution < -0.4 is 16.0 Å². The molecule has 2 atom stereocenters. The zero-order valence-corrected chi connectivity index (χ0v) is 26.8. The molecule has 0 saturated heterocycles. The van der Waals surface area contributed by atoms with E-state index in [1.807, 2.05) is 30.3 Å². The van der Waals surface area contributed by atoms with Crippen LogP contribution in [0, 0.1) is 5.92 Å². The molecular formula is C33H47N3O8. The number of carbonyl (C=O) groups excluding carboxylic acids is 4. The van der Waals surface area contributed by atoms with Crippen LogP contribution in [0.1, 0.15) is 78.9 Å². The van der Waals surface area contributed by atoms with Gasteiger partial charge in [0.05, 0.1) is 11.6 Å². The molecule has 4 N–H and O–H groups in total. The highest BCUT2D eigenvalue weighted by Crippen LogP contribution is 2.26. The van der Waals surface area contributed by atoms with Crippen molar-refractivity contribution in [3.8, 4) is 5.75 Å². The molecule has 2 unspecified atom stereocenters. The van der Waals surface area contributed by atoms with E-state index in [0.717, 1.165) is 5.56 Å². The fraction of sp³-hybridized carbons (Fsp3) is 0.515. The van der Waals surface area contributed by atoms with Gasteiger partial charge in [-0.2, -0.15) is 0 Å². The molecular weight excluding hydrogens is 566 g/mol. The second kappa shape index (κ2) is 16.5. The number of alkyl carbamates (subject to hydrolysis) is 2. The van der Waals surface area contributed by atoms with Gasteiger partial charge < -0.3 is 35.3 Å². The summed E-state index contributed by atoms with van der Waals surface area (Å²) in [6.07, 6.45) is -0.170. The molecule has 0 heterocycles. The summed E-state index contributed by atoms with van der Waals surface area (Å²) in [4.78, 5) is 49.7. The Kier molecular flexibility index (Phi) is 13.5. The molecule has 0 aliphatic rings. The van der Waals surface area contributed by atoms with Gasteiger partial charge in [-0.3, -0.25) is 9.59 Å². The number of hydrogen-bond donors (Lipinski definition) is 4. The van der Waals surface area contributed by atoms with Gasteiger partial charge in [0.1, 0.15) is 23.6 Å². The first kappa shape index (κ1) is 35.9. The van der Waals surface area contributed by atoms with E-state index in [1.165, 1.54) is 6.07 Å². The lowest BCUT2D eigenvalue weighted by molar-refractivity contribution is -0.159. The molecule has 2 rings (SSSR count). The Bertz CT molecular complexity index is 1250. The number of hydrogen-bond acceptors (Lipinski definition) is 8. The van der Waals surface area contributed by atoms with Gasteiger partial charge in [-0.1, -0.05) is 43.3 Å². The predicted molar refractivity (Wildman–Crippen MR) is 167 cm³/mol. The van der Waals surface area contributed by atoms with Crippen molar-refractivity contribution in [2.45, 2.75) is 98.0 Å². The minimum Gasteiger partial charge on any atom is -0.506 e. The Labute approximate surface area is 260 Å². The van der Waals surface area contributed by atoms with E-state index < -0.39 is 35.3 Å². The molecule has 44 heavy (non-hydrogen) atoms. The van der Waals surface area contributed by atoms with Crippen molar-refractivity contribution in [1.82, 2.24) is 10.6 Å². The lowest BCUT2D eigenvalue weighted by Gasteiger charge is -2.27. The summed E-state index contributed by atoms with van der Waals surface area (Å²) < 4.78 is 16.1. The first-order valence-corrected chi connectivity index (χ1v) is 14.8. The van der Waals surface area contributed by atoms with E-state index in [0.29, 0.717) is 18.4 Å². The lowest BCUT2D eigenvalue weighted by Crippen LogP contribution is -2.42. The number of amides is 3. The van der Waals surface area contributed by atoms with Crippen molar-refractivity contribution in [2.75, 3.05) is 11.9 Å². The van der Waals surface area contributed by atoms with Crippen molar-refractivity contribution in [1.29, 1.82) is 0 Å². The van der Waals surface area contributed by atoms with Gasteiger partial charge in [-0.05, 0) is 84.1 Å². The number of carbonyl (C=O) groups is 4. The zero-order chi connectivity index (χ0) is 32.9. The van der Waals surface area contributed by atoms with Crippen LogP contribution >= 0.6 is 0 Å². The topological polar surface area (TPSA) is 152 Å². The Morgan fingerprint density at radius 2 is 1.52 bits per heavy atom. The van der Waals surface area contributed by atoms with Crippen LogP contribution in [0.25, 0.3) is 0 Å². The lowest BCUT2D eigenvalue weighted by atomic mass is 9.95. The maximum atomic E-state index is 12.6. The second-order valence-corrected chi connectivity index (χ2v) is 12.7. The summed E-state index contributed by atoms with van der Waals surface area (Å²) in [5.41, 5.74) is 0.427. The van der Waals surface area contributed by atoms with Crippen LogP contribution in [0.2, 0.25) is 0 Å². The Hall–Kier alpha value is -4.28. The molecule has 0 saturated carbocycles. The fourth-order valence-corrected chi connectivity index (χ4v) is 4.11. The van der Waals surface area contributed by atoms with E-state index >= 15 is 0 Å². The number of aromatic hydroxyl groups is 1. The Balaban J connectivity index is 1.96. The monoisotopic (exact) mass is 613 g/mol. The van der Waals surface area contributed by atoms with Gasteiger partial charge in [-0.15, -0.1) is 0 Å². The van der Waals surface area contributed by atoms with Gasteiger partial charge in [-0.25, -0.2) is 9.59 Å². The summed E-state index contributed by atoms with van der Waals surface area (Å²) in [5, 5.41) is 18.5. The molecule has 11 nitrogen and oxygen atoms in total. The number of ether oxygens (including phenoxy) is 3. The molecule has 242 valence electrons. The molecule has 0 bridgehead atoms. The van der Waals surface area contributed by atoms with Crippen LogP contribution in [0.5, 0.6) is 5.75 Å². The van der Waals surface area contributed by atoms with Gasteiger partial charge >= 0.3 is 18.2 Å². The van der Waals surface area contributed by atoms with Crippen LogP contribution in [0.15, 0.2) is 48.5 Å². The minimum atomic E-state index is -0.709. The largest absolute Gasteiger partial charge is 0.506 e. The van der Waals surface area contributed by atoms with Gasteiger partial charge in [0.2, 0.25) is 5.91 Å². The van der Waals surface area contributed by atoms with Crippen LogP contribution in [0.3, 0.4) is 0 Å². The van der Waals surface area contributed by atoms with Crippen molar-refractivity contribution < 1.29 is 38.5 Å². The number of rotatable bonds is 13. The van der Waals surface area contributed by atoms with Crippen molar-refractivity contribution >= 4 is 29.8 Å². The molecule has 11 heteroatoms. The predicted octanol–water partition coefficient (Wildman–Crippen LogP) is 5.84. The van der Waals surface area contributed by atoms with E-state index in [4.69, 9.17) is 14.2 Å². The smallest absolute Gasteiger partial charge is 0.407 e. The first-order chi connectivity index (χ1) is 20.5. The third-order valence-electron chi connectivity index (χ3n) is 6.05. The molecule has 0 fully saturated rings. The molecule has 0 radical (unpaired) electrons. The van der Waals surface area contributed by atoms with Crippen molar-refractivity contribution in [2.24, 2.45) is 5.92 Å². The summed E-state index contributed by atoms with van der Waals surface area (Å²) in [6.45, 7) is 12.8. The summed E-state index contributed by atoms with van der Waals surface area (Å²) in [6, 6.07) is 13.5. The Morgan fingerprint density at radius 1 is 0.864 bits per heavy atom. The quantitative estimate of drug-likeness (QED) is 0.0952. The Morgan fingerprint density at radius 3 is 2.16 bits per heavy atom. The molecule has 0 aliphatic carbocycles. The number of benzene rings is 2. The number of nitrogens with one attached hydrogen (secondary N) is 3. The average Bonchev–Trinajstić information content (AvgIpc) is 2.90. The minimum absolute atomic E-state index is 0.0961. The molecule has 2 aromatic rings. The number of phenols is 1. The van der Waals surface area contributed by atoms with Gasteiger partial charge in [0, 0.05) is 19.0 Å². The van der Waals surface area contributed by atoms with Crippen molar-refractivity contribution in [3.63, 3.8) is 0 Å². The summed E-state index contributed by atoms with van der Waals surface area (Å²) in [7, 11) is 0. The van der Waals surface area contributed by atoms with Crippen LogP contribution in [-0.4, -0.2) is 53.0 Å². The van der Waals surface area contributed by atoms with E-state index in [1.54, 1.807) is 60.6 Å². The number of phenolic OH excluding ortho intramolecular Hbond substituents is 1. The zero-order valence-electron chi connectivity index (χ0n) is 26.8. The average molecular weight is 614 g/mol. The van der Waals surface area contributed by atoms with Crippen LogP contribution in [0.4, 0.5) is 15.3 Å². The standard InChI is InChI=1S/C33H47N3O8/c1-22(29(39)43-32(2,3)4)18-25(35-31(41)44-33(5,6)7)19-24-15-16-27(37)26(20-24)36-28(38)14-11-17-34-30(40)42-21-23-12-9-8-10-13-23/h8-10,12-13,15-16,20,22,25,37H,11,14,17-19,21H2,1-7H3,(H,34,40)(H,35,41)(H,36,38). The second-order valence-electron chi connectivity index (χ2n) is 12.7. The van der Waals surface area contributed by atoms with Gasteiger partial charge in [0.25, 0.3) is 0 Å². The van der Waals surface area contributed by atoms with E-state index in [-0.39, 0.29) is 49.3 Å². The van der Waals surface area contributed by atoms with Gasteiger partial charge in [0.15, 0.2) is 0 Å². The molecule has 0 aromatic heterocycles. The maximum Gasteiger partial charge on any atom is 0.407 e. The molecule has 3 amide bonds. The highest BCUT2D eigenvalue weighted by atomic mass is 16.6. The maximum absolute atomic E-state index is 12.6. The van der Waals surface area contributed by atoms with Crippen molar-refractivity contribution in [3.05, 3.63) is 59.7 Å². The summed E-state index contributed by atoms with van der Waals surface area (Å²) in [5.74, 6) is -1.37. The first-order valence-electron chi connectivity index (χ1n) is 14.8. The molecule has 0 spiro atoms. The SMILES string of the molecule is CC(CC(Cc1ccc(O)c(NC(=O)CCCNC(=O)OCc2ccccc2)c1)NC(=O)OC(C)(C)C)C(=O)OC(C)(C)C. The fourth-order valence-electron chi connectivity index (χ4n) is 4.11.